The predicted molar refractivity (Wildman–Crippen MR) is 116 cm³/mol. The average Bonchev–Trinajstić information content (AvgIpc) is 3.08. The molecule has 2 aromatic carbocycles. The third kappa shape index (κ3) is 4.05. The number of nitrogens with zero attached hydrogens (tertiary/aromatic N) is 2. The van der Waals surface area contributed by atoms with Crippen molar-refractivity contribution in [3.63, 3.8) is 0 Å². The Morgan fingerprint density at radius 1 is 1.07 bits per heavy atom. The quantitative estimate of drug-likeness (QED) is 0.669. The zero-order valence-electron chi connectivity index (χ0n) is 16.4. The Hall–Kier alpha value is -2.29. The Kier molecular flexibility index (Phi) is 5.42. The maximum Gasteiger partial charge on any atom is 0.255 e. The number of sulfonamides is 1. The zero-order chi connectivity index (χ0) is 20.6. The summed E-state index contributed by atoms with van der Waals surface area (Å²) in [6, 6.07) is 10.4. The number of fused-ring (bicyclic) bond motifs is 1. The van der Waals surface area contributed by atoms with Gasteiger partial charge in [0.25, 0.3) is 5.91 Å². The minimum absolute atomic E-state index is 0.209. The van der Waals surface area contributed by atoms with Crippen molar-refractivity contribution in [3.05, 3.63) is 52.5 Å². The molecule has 1 amide bonds. The van der Waals surface area contributed by atoms with Gasteiger partial charge < -0.3 is 5.32 Å². The van der Waals surface area contributed by atoms with Gasteiger partial charge in [0.1, 0.15) is 0 Å². The SMILES string of the molecule is Cc1nc2ccc(NC(=O)c3ccc(C)c(S(=O)(=O)N4CCCCC4)c3)cc2s1. The molecule has 0 spiro atoms. The molecule has 0 unspecified atom stereocenters. The molecule has 0 aliphatic carbocycles. The minimum Gasteiger partial charge on any atom is -0.322 e. The molecule has 1 saturated heterocycles. The van der Waals surface area contributed by atoms with Crippen molar-refractivity contribution < 1.29 is 13.2 Å². The van der Waals surface area contributed by atoms with E-state index in [0.717, 1.165) is 34.5 Å². The number of aromatic nitrogens is 1. The van der Waals surface area contributed by atoms with E-state index >= 15 is 0 Å². The van der Waals surface area contributed by atoms with Gasteiger partial charge in [0, 0.05) is 24.3 Å². The van der Waals surface area contributed by atoms with Gasteiger partial charge in [-0.1, -0.05) is 12.5 Å². The summed E-state index contributed by atoms with van der Waals surface area (Å²) in [7, 11) is -3.60. The fraction of sp³-hybridized carbons (Fsp3) is 0.333. The van der Waals surface area contributed by atoms with Crippen LogP contribution in [0.5, 0.6) is 0 Å². The Labute approximate surface area is 174 Å². The number of carbonyl (C=O) groups is 1. The molecule has 0 radical (unpaired) electrons. The van der Waals surface area contributed by atoms with Crippen LogP contribution in [0.4, 0.5) is 5.69 Å². The van der Waals surface area contributed by atoms with Gasteiger partial charge in [0.15, 0.2) is 0 Å². The molecule has 152 valence electrons. The van der Waals surface area contributed by atoms with Crippen LogP contribution < -0.4 is 5.32 Å². The van der Waals surface area contributed by atoms with Gasteiger partial charge in [-0.2, -0.15) is 4.31 Å². The fourth-order valence-corrected chi connectivity index (χ4v) is 6.22. The summed E-state index contributed by atoms with van der Waals surface area (Å²) >= 11 is 1.57. The molecule has 8 heteroatoms. The van der Waals surface area contributed by atoms with Gasteiger partial charge in [0.2, 0.25) is 10.0 Å². The first kappa shape index (κ1) is 20.0. The first-order valence-corrected chi connectivity index (χ1v) is 11.9. The van der Waals surface area contributed by atoms with E-state index in [0.29, 0.717) is 29.9 Å². The minimum atomic E-state index is -3.60. The molecule has 0 saturated carbocycles. The van der Waals surface area contributed by atoms with Gasteiger partial charge in [-0.3, -0.25) is 4.79 Å². The molecule has 6 nitrogen and oxygen atoms in total. The molecule has 1 aliphatic rings. The van der Waals surface area contributed by atoms with E-state index in [-0.39, 0.29) is 10.8 Å². The van der Waals surface area contributed by atoms with Crippen LogP contribution in [0.15, 0.2) is 41.3 Å². The van der Waals surface area contributed by atoms with E-state index < -0.39 is 10.0 Å². The van der Waals surface area contributed by atoms with Crippen molar-refractivity contribution in [2.75, 3.05) is 18.4 Å². The van der Waals surface area contributed by atoms with Gasteiger partial charge in [0.05, 0.1) is 20.1 Å². The second-order valence-electron chi connectivity index (χ2n) is 7.31. The lowest BCUT2D eigenvalue weighted by Crippen LogP contribution is -2.36. The van der Waals surface area contributed by atoms with E-state index in [2.05, 4.69) is 10.3 Å². The molecule has 4 rings (SSSR count). The molecule has 1 N–H and O–H groups in total. The topological polar surface area (TPSA) is 79.4 Å². The van der Waals surface area contributed by atoms with Crippen LogP contribution >= 0.6 is 11.3 Å². The van der Waals surface area contributed by atoms with Crippen LogP contribution in [0, 0.1) is 13.8 Å². The number of benzene rings is 2. The van der Waals surface area contributed by atoms with Crippen molar-refractivity contribution >= 4 is 43.2 Å². The Morgan fingerprint density at radius 3 is 2.59 bits per heavy atom. The van der Waals surface area contributed by atoms with Crippen molar-refractivity contribution in [1.82, 2.24) is 9.29 Å². The first-order valence-electron chi connectivity index (χ1n) is 9.64. The Morgan fingerprint density at radius 2 is 1.83 bits per heavy atom. The maximum absolute atomic E-state index is 13.1. The molecule has 1 fully saturated rings. The van der Waals surface area contributed by atoms with E-state index in [1.54, 1.807) is 36.5 Å². The number of thiazole rings is 1. The summed E-state index contributed by atoms with van der Waals surface area (Å²) in [5.74, 6) is -0.333. The second kappa shape index (κ2) is 7.85. The molecule has 29 heavy (non-hydrogen) atoms. The third-order valence-electron chi connectivity index (χ3n) is 5.14. The molecule has 1 aromatic heterocycles. The number of anilines is 1. The Bertz CT molecular complexity index is 1180. The van der Waals surface area contributed by atoms with Crippen molar-refractivity contribution in [3.8, 4) is 0 Å². The maximum atomic E-state index is 13.1. The highest BCUT2D eigenvalue weighted by atomic mass is 32.2. The zero-order valence-corrected chi connectivity index (χ0v) is 18.1. The number of rotatable bonds is 4. The van der Waals surface area contributed by atoms with E-state index in [9.17, 15) is 13.2 Å². The molecule has 3 aromatic rings. The number of hydrogen-bond acceptors (Lipinski definition) is 5. The monoisotopic (exact) mass is 429 g/mol. The summed E-state index contributed by atoms with van der Waals surface area (Å²) < 4.78 is 28.7. The van der Waals surface area contributed by atoms with E-state index in [1.165, 1.54) is 10.4 Å². The highest BCUT2D eigenvalue weighted by molar-refractivity contribution is 7.89. The highest BCUT2D eigenvalue weighted by Crippen LogP contribution is 2.27. The highest BCUT2D eigenvalue weighted by Gasteiger charge is 2.28. The van der Waals surface area contributed by atoms with E-state index in [4.69, 9.17) is 0 Å². The summed E-state index contributed by atoms with van der Waals surface area (Å²) in [5.41, 5.74) is 2.53. The van der Waals surface area contributed by atoms with E-state index in [1.807, 2.05) is 19.1 Å². The molecular weight excluding hydrogens is 406 g/mol. The number of piperidine rings is 1. The summed E-state index contributed by atoms with van der Waals surface area (Å²) in [6.45, 7) is 4.77. The van der Waals surface area contributed by atoms with Crippen LogP contribution in [0.1, 0.15) is 40.2 Å². The lowest BCUT2D eigenvalue weighted by atomic mass is 10.1. The van der Waals surface area contributed by atoms with Gasteiger partial charge in [-0.05, 0) is 62.6 Å². The summed E-state index contributed by atoms with van der Waals surface area (Å²) in [4.78, 5) is 17.4. The standard InChI is InChI=1S/C21H23N3O3S2/c1-14-6-7-16(12-20(14)29(26,27)24-10-4-3-5-11-24)21(25)23-17-8-9-18-19(13-17)28-15(2)22-18/h6-9,12-13H,3-5,10-11H2,1-2H3,(H,23,25). The Balaban J connectivity index is 1.61. The predicted octanol–water partition coefficient (Wildman–Crippen LogP) is 4.34. The van der Waals surface area contributed by atoms with Gasteiger partial charge in [-0.15, -0.1) is 11.3 Å². The smallest absolute Gasteiger partial charge is 0.255 e. The van der Waals surface area contributed by atoms with Crippen molar-refractivity contribution in [2.45, 2.75) is 38.0 Å². The van der Waals surface area contributed by atoms with Crippen molar-refractivity contribution in [2.24, 2.45) is 0 Å². The third-order valence-corrected chi connectivity index (χ3v) is 8.11. The number of nitrogens with one attached hydrogen (secondary N) is 1. The number of hydrogen-bond donors (Lipinski definition) is 1. The lowest BCUT2D eigenvalue weighted by Gasteiger charge is -2.26. The van der Waals surface area contributed by atoms with Crippen molar-refractivity contribution in [1.29, 1.82) is 0 Å². The normalized spacial score (nSPS) is 15.5. The van der Waals surface area contributed by atoms with Gasteiger partial charge in [-0.25, -0.2) is 13.4 Å². The molecular formula is C21H23N3O3S2. The lowest BCUT2D eigenvalue weighted by molar-refractivity contribution is 0.102. The number of carbonyl (C=O) groups excluding carboxylic acids is 1. The fourth-order valence-electron chi connectivity index (χ4n) is 3.58. The largest absolute Gasteiger partial charge is 0.322 e. The van der Waals surface area contributed by atoms with Gasteiger partial charge >= 0.3 is 0 Å². The molecule has 2 heterocycles. The van der Waals surface area contributed by atoms with Crippen LogP contribution in [0.3, 0.4) is 0 Å². The molecule has 0 bridgehead atoms. The van der Waals surface area contributed by atoms with Crippen LogP contribution in [0.2, 0.25) is 0 Å². The van der Waals surface area contributed by atoms with Crippen LogP contribution in [-0.4, -0.2) is 36.7 Å². The summed E-state index contributed by atoms with van der Waals surface area (Å²) in [5, 5.41) is 3.84. The van der Waals surface area contributed by atoms with Crippen LogP contribution in [-0.2, 0) is 10.0 Å². The second-order valence-corrected chi connectivity index (χ2v) is 10.5. The molecule has 0 atom stereocenters. The van der Waals surface area contributed by atoms with Crippen LogP contribution in [0.25, 0.3) is 10.2 Å². The summed E-state index contributed by atoms with van der Waals surface area (Å²) in [6.07, 6.45) is 2.80. The first-order chi connectivity index (χ1) is 13.8. The average molecular weight is 430 g/mol. The number of aryl methyl sites for hydroxylation is 2. The molecule has 1 aliphatic heterocycles. The number of amides is 1.